The van der Waals surface area contributed by atoms with Crippen LogP contribution in [0.4, 0.5) is 0 Å². The Morgan fingerprint density at radius 3 is 1.26 bits per heavy atom. The molecular formula is C66H84N4. The molecule has 9 rings (SSSR count). The van der Waals surface area contributed by atoms with Crippen molar-refractivity contribution < 1.29 is 0 Å². The van der Waals surface area contributed by atoms with E-state index in [1.165, 1.54) is 167 Å². The minimum Gasteiger partial charge on any atom is -0.255 e. The first-order valence-electron chi connectivity index (χ1n) is 28.5. The van der Waals surface area contributed by atoms with E-state index in [0.717, 1.165) is 59.7 Å². The van der Waals surface area contributed by atoms with Crippen LogP contribution in [0.1, 0.15) is 203 Å². The lowest BCUT2D eigenvalue weighted by atomic mass is 9.55. The van der Waals surface area contributed by atoms with E-state index in [4.69, 9.17) is 19.9 Å². The second-order valence-electron chi connectivity index (χ2n) is 22.6. The zero-order valence-electron chi connectivity index (χ0n) is 44.2. The Morgan fingerprint density at radius 1 is 0.400 bits per heavy atom. The second-order valence-corrected chi connectivity index (χ2v) is 22.6. The number of aryl methyl sites for hydroxylation is 4. The number of fused-ring (bicyclic) bond motifs is 3. The van der Waals surface area contributed by atoms with Crippen molar-refractivity contribution in [3.63, 3.8) is 0 Å². The van der Waals surface area contributed by atoms with E-state index in [1.807, 2.05) is 6.20 Å². The van der Waals surface area contributed by atoms with Crippen molar-refractivity contribution in [2.75, 3.05) is 0 Å². The van der Waals surface area contributed by atoms with Gasteiger partial charge in [0.2, 0.25) is 0 Å². The summed E-state index contributed by atoms with van der Waals surface area (Å²) in [5.74, 6) is 3.64. The maximum absolute atomic E-state index is 5.44. The van der Waals surface area contributed by atoms with Gasteiger partial charge in [0, 0.05) is 39.3 Å². The van der Waals surface area contributed by atoms with Gasteiger partial charge in [-0.25, -0.2) is 15.0 Å². The summed E-state index contributed by atoms with van der Waals surface area (Å²) >= 11 is 0. The zero-order valence-corrected chi connectivity index (χ0v) is 44.2. The Kier molecular flexibility index (Phi) is 16.5. The molecule has 2 fully saturated rings. The van der Waals surface area contributed by atoms with Gasteiger partial charge in [-0.2, -0.15) is 0 Å². The number of hydrogen-bond acceptors (Lipinski definition) is 4. The highest BCUT2D eigenvalue weighted by atomic mass is 15.0. The van der Waals surface area contributed by atoms with E-state index < -0.39 is 0 Å². The van der Waals surface area contributed by atoms with Crippen LogP contribution >= 0.6 is 0 Å². The van der Waals surface area contributed by atoms with Gasteiger partial charge in [-0.05, 0) is 176 Å². The fourth-order valence-corrected chi connectivity index (χ4v) is 13.7. The van der Waals surface area contributed by atoms with Gasteiger partial charge >= 0.3 is 0 Å². The van der Waals surface area contributed by atoms with Crippen molar-refractivity contribution >= 4 is 0 Å². The molecule has 70 heavy (non-hydrogen) atoms. The number of benzene rings is 4. The SMILES string of the molecule is CCCCCCc1cc(CCCCCC)cc(-c2nc(-c3ccc(-c4ccc5c(c4)C46CC(C)CC4(CC(C)C6)c4ccccc4-5)nc3)nc(-c3cc(CCCCCC)cc(CCCCCC)c3)n2)c1. The van der Waals surface area contributed by atoms with E-state index in [0.29, 0.717) is 17.7 Å². The van der Waals surface area contributed by atoms with E-state index in [1.54, 1.807) is 11.1 Å². The highest BCUT2D eigenvalue weighted by Gasteiger charge is 2.65. The van der Waals surface area contributed by atoms with Crippen molar-refractivity contribution in [3.8, 4) is 56.5 Å². The third-order valence-corrected chi connectivity index (χ3v) is 16.8. The summed E-state index contributed by atoms with van der Waals surface area (Å²) in [5.41, 5.74) is 17.4. The molecule has 0 spiro atoms. The van der Waals surface area contributed by atoms with Crippen molar-refractivity contribution in [1.29, 1.82) is 0 Å². The molecule has 2 unspecified atom stereocenters. The predicted octanol–water partition coefficient (Wildman–Crippen LogP) is 18.4. The van der Waals surface area contributed by atoms with Crippen molar-refractivity contribution in [2.45, 2.75) is 206 Å². The molecule has 3 aliphatic rings. The molecule has 0 amide bonds. The monoisotopic (exact) mass is 933 g/mol. The average molecular weight is 933 g/mol. The molecule has 6 aromatic rings. The van der Waals surface area contributed by atoms with Gasteiger partial charge < -0.3 is 0 Å². The standard InChI is InChI=1S/C66H84N4/c1-7-11-15-19-25-49-35-50(26-20-16-12-8-2)38-55(37-49)63-68-62(69-64(70-63)56-39-51(27-21-17-13-9-3)36-52(40-56)28-22-18-14-10-4)54-32-34-61(67-46-54)53-31-33-58-57-29-23-24-30-59(57)65-42-47(5)44-66(65,60(58)41-53)45-48(6)43-65/h23-24,29-41,46-48H,7-22,25-28,42-45H2,1-6H3. The molecular weight excluding hydrogens is 849 g/mol. The summed E-state index contributed by atoms with van der Waals surface area (Å²) in [4.78, 5) is 21.5. The van der Waals surface area contributed by atoms with Crippen LogP contribution in [0.3, 0.4) is 0 Å². The summed E-state index contributed by atoms with van der Waals surface area (Å²) < 4.78 is 0. The number of nitrogens with zero attached hydrogens (tertiary/aromatic N) is 4. The maximum atomic E-state index is 5.44. The summed E-state index contributed by atoms with van der Waals surface area (Å²) in [6.07, 6.45) is 31.5. The van der Waals surface area contributed by atoms with Crippen LogP contribution in [-0.2, 0) is 36.5 Å². The molecule has 4 aromatic carbocycles. The van der Waals surface area contributed by atoms with E-state index in [-0.39, 0.29) is 10.8 Å². The van der Waals surface area contributed by atoms with Crippen LogP contribution in [0, 0.1) is 11.8 Å². The molecule has 0 aliphatic heterocycles. The quantitative estimate of drug-likeness (QED) is 0.0568. The number of hydrogen-bond donors (Lipinski definition) is 0. The minimum atomic E-state index is 0.174. The van der Waals surface area contributed by atoms with Gasteiger partial charge in [-0.3, -0.25) is 4.98 Å². The first kappa shape index (κ1) is 50.0. The van der Waals surface area contributed by atoms with Crippen LogP contribution in [0.15, 0.2) is 97.2 Å². The third-order valence-electron chi connectivity index (χ3n) is 16.8. The Labute approximate surface area is 423 Å². The Morgan fingerprint density at radius 2 is 0.814 bits per heavy atom. The van der Waals surface area contributed by atoms with Crippen molar-refractivity contribution in [2.24, 2.45) is 11.8 Å². The van der Waals surface area contributed by atoms with Crippen LogP contribution in [0.2, 0.25) is 0 Å². The van der Waals surface area contributed by atoms with Crippen LogP contribution in [0.25, 0.3) is 56.5 Å². The lowest BCUT2D eigenvalue weighted by Gasteiger charge is -2.47. The highest BCUT2D eigenvalue weighted by Crippen LogP contribution is 2.71. The maximum Gasteiger partial charge on any atom is 0.165 e. The summed E-state index contributed by atoms with van der Waals surface area (Å²) in [6, 6.07) is 35.6. The number of aromatic nitrogens is 4. The van der Waals surface area contributed by atoms with Crippen LogP contribution in [-0.4, -0.2) is 19.9 Å². The first-order valence-corrected chi connectivity index (χ1v) is 28.5. The zero-order chi connectivity index (χ0) is 48.5. The molecule has 4 nitrogen and oxygen atoms in total. The summed E-state index contributed by atoms with van der Waals surface area (Å²) in [7, 11) is 0. The van der Waals surface area contributed by atoms with E-state index >= 15 is 0 Å². The van der Waals surface area contributed by atoms with Crippen molar-refractivity contribution in [3.05, 3.63) is 131 Å². The first-order chi connectivity index (χ1) is 34.3. The van der Waals surface area contributed by atoms with Crippen molar-refractivity contribution in [1.82, 2.24) is 19.9 Å². The smallest absolute Gasteiger partial charge is 0.165 e. The molecule has 0 saturated heterocycles. The number of rotatable bonds is 24. The lowest BCUT2D eigenvalue weighted by Crippen LogP contribution is -2.43. The predicted molar refractivity (Wildman–Crippen MR) is 296 cm³/mol. The molecule has 0 N–H and O–H groups in total. The summed E-state index contributed by atoms with van der Waals surface area (Å²) in [6.45, 7) is 14.2. The number of pyridine rings is 1. The topological polar surface area (TPSA) is 51.6 Å². The fraction of sp³-hybridized carbons (Fsp3) is 0.515. The average Bonchev–Trinajstić information content (AvgIpc) is 3.84. The van der Waals surface area contributed by atoms with E-state index in [2.05, 4.69) is 133 Å². The Bertz CT molecular complexity index is 2510. The van der Waals surface area contributed by atoms with Gasteiger partial charge in [0.1, 0.15) is 0 Å². The molecule has 2 atom stereocenters. The number of unbranched alkanes of at least 4 members (excludes halogenated alkanes) is 12. The molecule has 2 aromatic heterocycles. The molecule has 2 saturated carbocycles. The van der Waals surface area contributed by atoms with E-state index in [9.17, 15) is 0 Å². The largest absolute Gasteiger partial charge is 0.255 e. The second kappa shape index (κ2) is 23.1. The summed E-state index contributed by atoms with van der Waals surface area (Å²) in [5, 5.41) is 0. The van der Waals surface area contributed by atoms with Gasteiger partial charge in [-0.15, -0.1) is 0 Å². The van der Waals surface area contributed by atoms with Gasteiger partial charge in [-0.1, -0.05) is 167 Å². The lowest BCUT2D eigenvalue weighted by molar-refractivity contribution is 0.299. The normalized spacial score (nSPS) is 20.0. The fourth-order valence-electron chi connectivity index (χ4n) is 13.7. The van der Waals surface area contributed by atoms with Crippen LogP contribution < -0.4 is 0 Å². The molecule has 0 bridgehead atoms. The van der Waals surface area contributed by atoms with Crippen LogP contribution in [0.5, 0.6) is 0 Å². The molecule has 368 valence electrons. The molecule has 2 heterocycles. The highest BCUT2D eigenvalue weighted by molar-refractivity contribution is 5.82. The molecule has 0 radical (unpaired) electrons. The molecule has 3 aliphatic carbocycles. The van der Waals surface area contributed by atoms with Gasteiger partial charge in [0.05, 0.1) is 5.69 Å². The Balaban J connectivity index is 1.12. The molecule has 4 heteroatoms. The Hall–Kier alpha value is -4.96. The third kappa shape index (κ3) is 10.8. The van der Waals surface area contributed by atoms with Gasteiger partial charge in [0.15, 0.2) is 17.5 Å². The minimum absolute atomic E-state index is 0.174. The van der Waals surface area contributed by atoms with Gasteiger partial charge in [0.25, 0.3) is 0 Å².